The maximum atomic E-state index is 12.1. The van der Waals surface area contributed by atoms with Crippen LogP contribution in [0.15, 0.2) is 34.2 Å². The van der Waals surface area contributed by atoms with E-state index in [-0.39, 0.29) is 23.3 Å². The Kier molecular flexibility index (Phi) is 3.62. The second-order valence-electron chi connectivity index (χ2n) is 4.81. The number of hydrogen-bond acceptors (Lipinski definition) is 5. The summed E-state index contributed by atoms with van der Waals surface area (Å²) in [7, 11) is 0. The van der Waals surface area contributed by atoms with Gasteiger partial charge in [-0.15, -0.1) is 5.10 Å². The zero-order valence-electron chi connectivity index (χ0n) is 11.1. The predicted octanol–water partition coefficient (Wildman–Crippen LogP) is 1.75. The molecule has 3 rings (SSSR count). The fraction of sp³-hybridized carbons (Fsp3) is 0.286. The average molecular weight is 300 g/mol. The molecule has 0 amide bonds. The van der Waals surface area contributed by atoms with Crippen molar-refractivity contribution < 1.29 is 4.79 Å². The molecule has 1 aliphatic rings. The van der Waals surface area contributed by atoms with Gasteiger partial charge < -0.3 is 0 Å². The largest absolute Gasteiger partial charge is 0.344 e. The van der Waals surface area contributed by atoms with Crippen molar-refractivity contribution in [2.45, 2.75) is 24.0 Å². The van der Waals surface area contributed by atoms with Gasteiger partial charge in [0.25, 0.3) is 0 Å². The second kappa shape index (κ2) is 5.58. The smallest absolute Gasteiger partial charge is 0.293 e. The van der Waals surface area contributed by atoms with Crippen molar-refractivity contribution >= 4 is 17.5 Å². The maximum absolute atomic E-state index is 12.1. The lowest BCUT2D eigenvalue weighted by Crippen LogP contribution is -2.16. The van der Waals surface area contributed by atoms with Crippen molar-refractivity contribution in [2.24, 2.45) is 0 Å². The number of aromatic amines is 1. The number of carbonyl (C=O) groups excluding carboxylic acids is 1. The van der Waals surface area contributed by atoms with Crippen molar-refractivity contribution in [3.8, 4) is 6.07 Å². The van der Waals surface area contributed by atoms with Crippen molar-refractivity contribution in [1.82, 2.24) is 14.8 Å². The highest BCUT2D eigenvalue weighted by molar-refractivity contribution is 7.99. The van der Waals surface area contributed by atoms with Crippen LogP contribution >= 0.6 is 11.8 Å². The fourth-order valence-corrected chi connectivity index (χ4v) is 2.90. The number of nitrogens with zero attached hydrogens (tertiary/aromatic N) is 3. The van der Waals surface area contributed by atoms with Crippen LogP contribution in [0, 0.1) is 11.3 Å². The minimum absolute atomic E-state index is 0.0534. The van der Waals surface area contributed by atoms with E-state index in [9.17, 15) is 9.59 Å². The Morgan fingerprint density at radius 1 is 1.43 bits per heavy atom. The third kappa shape index (κ3) is 2.90. The number of thioether (sulfide) groups is 1. The first-order valence-corrected chi connectivity index (χ1v) is 7.50. The van der Waals surface area contributed by atoms with Gasteiger partial charge in [0.15, 0.2) is 10.9 Å². The van der Waals surface area contributed by atoms with Gasteiger partial charge in [0.05, 0.1) is 17.4 Å². The van der Waals surface area contributed by atoms with E-state index in [0.717, 1.165) is 12.8 Å². The molecule has 1 aromatic carbocycles. The number of nitriles is 1. The van der Waals surface area contributed by atoms with Gasteiger partial charge in [-0.3, -0.25) is 9.36 Å². The van der Waals surface area contributed by atoms with E-state index in [1.54, 1.807) is 28.8 Å². The summed E-state index contributed by atoms with van der Waals surface area (Å²) in [6, 6.07) is 8.75. The normalized spacial score (nSPS) is 13.9. The van der Waals surface area contributed by atoms with E-state index in [2.05, 4.69) is 10.2 Å². The van der Waals surface area contributed by atoms with Gasteiger partial charge in [-0.1, -0.05) is 23.9 Å². The Hall–Kier alpha value is -2.33. The maximum Gasteiger partial charge on any atom is 0.344 e. The third-order valence-corrected chi connectivity index (χ3v) is 4.21. The number of benzene rings is 1. The summed E-state index contributed by atoms with van der Waals surface area (Å²) in [5, 5.41) is 15.7. The molecule has 0 spiro atoms. The van der Waals surface area contributed by atoms with Crippen LogP contribution in [0.1, 0.15) is 34.8 Å². The van der Waals surface area contributed by atoms with Gasteiger partial charge in [0.1, 0.15) is 0 Å². The van der Waals surface area contributed by atoms with E-state index in [4.69, 9.17) is 5.26 Å². The van der Waals surface area contributed by atoms with Crippen molar-refractivity contribution in [3.63, 3.8) is 0 Å². The van der Waals surface area contributed by atoms with Crippen LogP contribution in [0.3, 0.4) is 0 Å². The number of H-pyrrole nitrogens is 1. The number of nitrogens with one attached hydrogen (secondary N) is 1. The standard InChI is InChI=1S/C14H12N4O2S/c15-7-9-1-3-10(4-2-9)12(19)8-21-14-17-16-13(20)18(14)11-5-6-11/h1-4,11H,5-6,8H2,(H,16,20). The molecule has 1 saturated carbocycles. The Morgan fingerprint density at radius 2 is 2.14 bits per heavy atom. The SMILES string of the molecule is N#Cc1ccc(C(=O)CSc2n[nH]c(=O)n2C2CC2)cc1. The number of Topliss-reactive ketones (excluding diaryl/α,β-unsaturated/α-hetero) is 1. The van der Waals surface area contributed by atoms with E-state index in [1.165, 1.54) is 11.8 Å². The van der Waals surface area contributed by atoms with Crippen LogP contribution in [0.4, 0.5) is 0 Å². The zero-order valence-corrected chi connectivity index (χ0v) is 11.9. The van der Waals surface area contributed by atoms with Gasteiger partial charge >= 0.3 is 5.69 Å². The fourth-order valence-electron chi connectivity index (χ4n) is 1.99. The van der Waals surface area contributed by atoms with Crippen molar-refractivity contribution in [2.75, 3.05) is 5.75 Å². The van der Waals surface area contributed by atoms with Crippen LogP contribution in [0.25, 0.3) is 0 Å². The number of aromatic nitrogens is 3. The summed E-state index contributed by atoms with van der Waals surface area (Å²) in [6.07, 6.45) is 1.97. The molecule has 0 saturated heterocycles. The van der Waals surface area contributed by atoms with Crippen LogP contribution in [0.5, 0.6) is 0 Å². The predicted molar refractivity (Wildman–Crippen MR) is 77.3 cm³/mol. The Morgan fingerprint density at radius 3 is 2.76 bits per heavy atom. The molecule has 1 aliphatic carbocycles. The second-order valence-corrected chi connectivity index (χ2v) is 5.76. The van der Waals surface area contributed by atoms with Gasteiger partial charge in [0.2, 0.25) is 0 Å². The molecule has 0 atom stereocenters. The molecule has 1 aromatic heterocycles. The quantitative estimate of drug-likeness (QED) is 0.671. The minimum atomic E-state index is -0.217. The molecule has 2 aromatic rings. The van der Waals surface area contributed by atoms with Crippen LogP contribution in [0.2, 0.25) is 0 Å². The monoisotopic (exact) mass is 300 g/mol. The van der Waals surface area contributed by atoms with Gasteiger partial charge in [0, 0.05) is 11.6 Å². The highest BCUT2D eigenvalue weighted by Crippen LogP contribution is 2.36. The van der Waals surface area contributed by atoms with Gasteiger partial charge in [-0.2, -0.15) is 5.26 Å². The minimum Gasteiger partial charge on any atom is -0.293 e. The lowest BCUT2D eigenvalue weighted by atomic mass is 10.1. The Balaban J connectivity index is 1.68. The number of ketones is 1. The molecule has 0 bridgehead atoms. The summed E-state index contributed by atoms with van der Waals surface area (Å²) >= 11 is 1.26. The summed E-state index contributed by atoms with van der Waals surface area (Å²) in [4.78, 5) is 23.7. The topological polar surface area (TPSA) is 91.5 Å². The van der Waals surface area contributed by atoms with E-state index >= 15 is 0 Å². The number of hydrogen-bond donors (Lipinski definition) is 1. The van der Waals surface area contributed by atoms with E-state index < -0.39 is 0 Å². The summed E-state index contributed by atoms with van der Waals surface area (Å²) < 4.78 is 1.62. The average Bonchev–Trinajstić information content (AvgIpc) is 3.28. The molecule has 0 aliphatic heterocycles. The molecule has 21 heavy (non-hydrogen) atoms. The Bertz CT molecular complexity index is 766. The molecular weight excluding hydrogens is 288 g/mol. The van der Waals surface area contributed by atoms with Gasteiger partial charge in [-0.25, -0.2) is 9.89 Å². The molecule has 0 unspecified atom stereocenters. The van der Waals surface area contributed by atoms with Crippen molar-refractivity contribution in [1.29, 1.82) is 5.26 Å². The molecule has 1 N–H and O–H groups in total. The lowest BCUT2D eigenvalue weighted by Gasteiger charge is -2.03. The highest BCUT2D eigenvalue weighted by Gasteiger charge is 2.28. The van der Waals surface area contributed by atoms with Crippen LogP contribution in [-0.2, 0) is 0 Å². The summed E-state index contributed by atoms with van der Waals surface area (Å²) in [5.74, 6) is 0.158. The molecule has 6 nitrogen and oxygen atoms in total. The molecular formula is C14H12N4O2S. The van der Waals surface area contributed by atoms with Crippen LogP contribution in [-0.4, -0.2) is 26.3 Å². The van der Waals surface area contributed by atoms with E-state index in [0.29, 0.717) is 16.3 Å². The van der Waals surface area contributed by atoms with E-state index in [1.807, 2.05) is 6.07 Å². The first kappa shape index (κ1) is 13.6. The molecule has 7 heteroatoms. The summed E-state index contributed by atoms with van der Waals surface area (Å²) in [5.41, 5.74) is 0.859. The highest BCUT2D eigenvalue weighted by atomic mass is 32.2. The summed E-state index contributed by atoms with van der Waals surface area (Å²) in [6.45, 7) is 0. The lowest BCUT2D eigenvalue weighted by molar-refractivity contribution is 0.102. The number of rotatable bonds is 5. The Labute approximate surface area is 124 Å². The third-order valence-electron chi connectivity index (χ3n) is 3.25. The molecule has 106 valence electrons. The van der Waals surface area contributed by atoms with Crippen LogP contribution < -0.4 is 5.69 Å². The zero-order chi connectivity index (χ0) is 14.8. The van der Waals surface area contributed by atoms with Crippen molar-refractivity contribution in [3.05, 3.63) is 45.9 Å². The molecule has 1 heterocycles. The number of carbonyl (C=O) groups is 1. The molecule has 0 radical (unpaired) electrons. The first-order valence-electron chi connectivity index (χ1n) is 6.52. The molecule has 1 fully saturated rings. The van der Waals surface area contributed by atoms with Gasteiger partial charge in [-0.05, 0) is 25.0 Å². The first-order chi connectivity index (χ1) is 10.2.